The second-order valence-electron chi connectivity index (χ2n) is 5.17. The van der Waals surface area contributed by atoms with Crippen molar-refractivity contribution in [2.75, 3.05) is 11.9 Å². The summed E-state index contributed by atoms with van der Waals surface area (Å²) in [5.41, 5.74) is 1.11. The average Bonchev–Trinajstić information content (AvgIpc) is 2.51. The van der Waals surface area contributed by atoms with Gasteiger partial charge in [-0.15, -0.1) is 0 Å². The molecule has 0 radical (unpaired) electrons. The summed E-state index contributed by atoms with van der Waals surface area (Å²) in [6, 6.07) is 5.79. The van der Waals surface area contributed by atoms with Gasteiger partial charge in [-0.3, -0.25) is 4.98 Å². The van der Waals surface area contributed by atoms with Gasteiger partial charge in [-0.2, -0.15) is 4.98 Å². The van der Waals surface area contributed by atoms with E-state index in [4.69, 9.17) is 4.74 Å². The predicted molar refractivity (Wildman–Crippen MR) is 83.5 cm³/mol. The van der Waals surface area contributed by atoms with E-state index in [-0.39, 0.29) is 5.92 Å². The van der Waals surface area contributed by atoms with Crippen molar-refractivity contribution in [3.8, 4) is 5.88 Å². The van der Waals surface area contributed by atoms with E-state index in [1.54, 1.807) is 6.20 Å². The summed E-state index contributed by atoms with van der Waals surface area (Å²) in [6.45, 7) is 7.56. The van der Waals surface area contributed by atoms with Crippen LogP contribution in [0.1, 0.15) is 44.5 Å². The van der Waals surface area contributed by atoms with Crippen LogP contribution in [-0.2, 0) is 6.54 Å². The molecule has 0 amide bonds. The van der Waals surface area contributed by atoms with Crippen LogP contribution in [-0.4, -0.2) is 21.6 Å². The zero-order chi connectivity index (χ0) is 15.1. The molecule has 2 aromatic rings. The standard InChI is InChI=1S/C16H22N4O/c1-4-8-21-15-9-14(19-16(20-15)12(2)3)18-11-13-6-5-7-17-10-13/h5-7,9-10,12H,4,8,11H2,1-3H3,(H,18,19,20). The highest BCUT2D eigenvalue weighted by Gasteiger charge is 2.09. The van der Waals surface area contributed by atoms with E-state index in [1.807, 2.05) is 24.4 Å². The fraction of sp³-hybridized carbons (Fsp3) is 0.438. The van der Waals surface area contributed by atoms with Gasteiger partial charge in [0.05, 0.1) is 6.61 Å². The Balaban J connectivity index is 2.11. The average molecular weight is 286 g/mol. The minimum atomic E-state index is 0.258. The van der Waals surface area contributed by atoms with Crippen molar-refractivity contribution in [1.82, 2.24) is 15.0 Å². The van der Waals surface area contributed by atoms with Crippen LogP contribution in [0, 0.1) is 0 Å². The third-order valence-electron chi connectivity index (χ3n) is 2.89. The van der Waals surface area contributed by atoms with Gasteiger partial charge < -0.3 is 10.1 Å². The third kappa shape index (κ3) is 4.70. The van der Waals surface area contributed by atoms with Crippen LogP contribution in [0.4, 0.5) is 5.82 Å². The van der Waals surface area contributed by atoms with E-state index in [2.05, 4.69) is 41.0 Å². The first-order chi connectivity index (χ1) is 10.2. The van der Waals surface area contributed by atoms with E-state index >= 15 is 0 Å². The Kier molecular flexibility index (Phi) is 5.49. The molecule has 112 valence electrons. The summed E-state index contributed by atoms with van der Waals surface area (Å²) in [4.78, 5) is 13.1. The Morgan fingerprint density at radius 1 is 1.29 bits per heavy atom. The van der Waals surface area contributed by atoms with Gasteiger partial charge in [0.1, 0.15) is 11.6 Å². The summed E-state index contributed by atoms with van der Waals surface area (Å²) in [5.74, 6) is 2.46. The van der Waals surface area contributed by atoms with Crippen molar-refractivity contribution in [1.29, 1.82) is 0 Å². The molecule has 0 aliphatic heterocycles. The quantitative estimate of drug-likeness (QED) is 0.845. The van der Waals surface area contributed by atoms with Gasteiger partial charge in [0.15, 0.2) is 0 Å². The summed E-state index contributed by atoms with van der Waals surface area (Å²) >= 11 is 0. The van der Waals surface area contributed by atoms with Crippen LogP contribution in [0.3, 0.4) is 0 Å². The molecule has 0 atom stereocenters. The molecule has 21 heavy (non-hydrogen) atoms. The first-order valence-corrected chi connectivity index (χ1v) is 7.33. The van der Waals surface area contributed by atoms with Crippen molar-refractivity contribution in [2.45, 2.75) is 39.7 Å². The molecule has 0 spiro atoms. The topological polar surface area (TPSA) is 59.9 Å². The first-order valence-electron chi connectivity index (χ1n) is 7.33. The lowest BCUT2D eigenvalue weighted by atomic mass is 10.2. The molecule has 2 heterocycles. The number of rotatable bonds is 7. The minimum absolute atomic E-state index is 0.258. The number of hydrogen-bond acceptors (Lipinski definition) is 5. The smallest absolute Gasteiger partial charge is 0.218 e. The minimum Gasteiger partial charge on any atom is -0.478 e. The Bertz CT molecular complexity index is 557. The summed E-state index contributed by atoms with van der Waals surface area (Å²) < 4.78 is 5.64. The lowest BCUT2D eigenvalue weighted by molar-refractivity contribution is 0.303. The Labute approximate surface area is 125 Å². The van der Waals surface area contributed by atoms with Crippen molar-refractivity contribution < 1.29 is 4.74 Å². The maximum Gasteiger partial charge on any atom is 0.218 e. The highest BCUT2D eigenvalue weighted by atomic mass is 16.5. The monoisotopic (exact) mass is 286 g/mol. The van der Waals surface area contributed by atoms with Crippen molar-refractivity contribution in [3.05, 3.63) is 42.0 Å². The van der Waals surface area contributed by atoms with E-state index < -0.39 is 0 Å². The van der Waals surface area contributed by atoms with Crippen LogP contribution >= 0.6 is 0 Å². The van der Waals surface area contributed by atoms with Gasteiger partial charge >= 0.3 is 0 Å². The first kappa shape index (κ1) is 15.2. The van der Waals surface area contributed by atoms with Gasteiger partial charge in [-0.05, 0) is 18.1 Å². The zero-order valence-electron chi connectivity index (χ0n) is 12.8. The number of ether oxygens (including phenoxy) is 1. The Hall–Kier alpha value is -2.17. The molecule has 0 unspecified atom stereocenters. The van der Waals surface area contributed by atoms with Gasteiger partial charge in [0.25, 0.3) is 0 Å². The fourth-order valence-corrected chi connectivity index (χ4v) is 1.77. The lowest BCUT2D eigenvalue weighted by Gasteiger charge is -2.12. The predicted octanol–water partition coefficient (Wildman–Crippen LogP) is 3.40. The maximum atomic E-state index is 5.64. The summed E-state index contributed by atoms with van der Waals surface area (Å²) in [6.07, 6.45) is 4.56. The molecule has 0 saturated heterocycles. The van der Waals surface area contributed by atoms with Gasteiger partial charge in [0, 0.05) is 30.9 Å². The number of aromatic nitrogens is 3. The second-order valence-corrected chi connectivity index (χ2v) is 5.17. The normalized spacial score (nSPS) is 10.7. The molecule has 0 aliphatic carbocycles. The highest BCUT2D eigenvalue weighted by molar-refractivity contribution is 5.39. The molecular formula is C16H22N4O. The number of hydrogen-bond donors (Lipinski definition) is 1. The fourth-order valence-electron chi connectivity index (χ4n) is 1.77. The Morgan fingerprint density at radius 2 is 2.14 bits per heavy atom. The number of nitrogens with zero attached hydrogens (tertiary/aromatic N) is 3. The molecule has 0 bridgehead atoms. The van der Waals surface area contributed by atoms with E-state index in [9.17, 15) is 0 Å². The SMILES string of the molecule is CCCOc1cc(NCc2cccnc2)nc(C(C)C)n1. The van der Waals surface area contributed by atoms with E-state index in [0.29, 0.717) is 19.0 Å². The molecule has 0 fully saturated rings. The van der Waals surface area contributed by atoms with E-state index in [0.717, 1.165) is 23.6 Å². The molecule has 5 heteroatoms. The van der Waals surface area contributed by atoms with Crippen LogP contribution in [0.2, 0.25) is 0 Å². The van der Waals surface area contributed by atoms with Gasteiger partial charge in [-0.25, -0.2) is 4.98 Å². The second kappa shape index (κ2) is 7.57. The largest absolute Gasteiger partial charge is 0.478 e. The van der Waals surface area contributed by atoms with Gasteiger partial charge in [0.2, 0.25) is 5.88 Å². The number of pyridine rings is 1. The molecule has 0 aromatic carbocycles. The number of nitrogens with one attached hydrogen (secondary N) is 1. The van der Waals surface area contributed by atoms with Crippen LogP contribution in [0.15, 0.2) is 30.6 Å². The van der Waals surface area contributed by atoms with E-state index in [1.165, 1.54) is 0 Å². The van der Waals surface area contributed by atoms with Crippen LogP contribution < -0.4 is 10.1 Å². The third-order valence-corrected chi connectivity index (χ3v) is 2.89. The van der Waals surface area contributed by atoms with Crippen molar-refractivity contribution in [2.24, 2.45) is 0 Å². The summed E-state index contributed by atoms with van der Waals surface area (Å²) in [5, 5.41) is 3.30. The number of anilines is 1. The highest BCUT2D eigenvalue weighted by Crippen LogP contribution is 2.19. The molecule has 2 rings (SSSR count). The molecule has 2 aromatic heterocycles. The van der Waals surface area contributed by atoms with Crippen LogP contribution in [0.5, 0.6) is 5.88 Å². The van der Waals surface area contributed by atoms with Gasteiger partial charge in [-0.1, -0.05) is 26.8 Å². The molecular weight excluding hydrogens is 264 g/mol. The molecule has 1 N–H and O–H groups in total. The zero-order valence-corrected chi connectivity index (χ0v) is 12.8. The molecule has 0 saturated carbocycles. The summed E-state index contributed by atoms with van der Waals surface area (Å²) in [7, 11) is 0. The van der Waals surface area contributed by atoms with Crippen molar-refractivity contribution >= 4 is 5.82 Å². The maximum absolute atomic E-state index is 5.64. The molecule has 5 nitrogen and oxygen atoms in total. The van der Waals surface area contributed by atoms with Crippen molar-refractivity contribution in [3.63, 3.8) is 0 Å². The lowest BCUT2D eigenvalue weighted by Crippen LogP contribution is -2.08. The molecule has 0 aliphatic rings. The Morgan fingerprint density at radius 3 is 2.81 bits per heavy atom. The van der Waals surface area contributed by atoms with Crippen LogP contribution in [0.25, 0.3) is 0 Å².